The summed E-state index contributed by atoms with van der Waals surface area (Å²) in [7, 11) is 1.87. The maximum absolute atomic E-state index is 13.9. The highest BCUT2D eigenvalue weighted by atomic mass is 19.3. The normalized spacial score (nSPS) is 54.9. The quantitative estimate of drug-likeness (QED) is 0.602. The van der Waals surface area contributed by atoms with E-state index >= 15 is 0 Å². The molecule has 0 heterocycles. The topological polar surface area (TPSA) is 9.23 Å². The molecule has 0 aromatic rings. The lowest BCUT2D eigenvalue weighted by atomic mass is 9.45. The number of methoxy groups -OCH3 is 1. The van der Waals surface area contributed by atoms with Gasteiger partial charge in [0.25, 0.3) is 0 Å². The van der Waals surface area contributed by atoms with E-state index in [1.54, 1.807) is 0 Å². The monoisotopic (exact) mass is 326 g/mol. The van der Waals surface area contributed by atoms with Gasteiger partial charge >= 0.3 is 0 Å². The first-order chi connectivity index (χ1) is 10.8. The van der Waals surface area contributed by atoms with Crippen LogP contribution < -0.4 is 0 Å². The van der Waals surface area contributed by atoms with E-state index in [-0.39, 0.29) is 24.2 Å². The summed E-state index contributed by atoms with van der Waals surface area (Å²) in [5, 5.41) is 0. The molecule has 1 nitrogen and oxygen atoms in total. The maximum atomic E-state index is 13.9. The Labute approximate surface area is 139 Å². The molecule has 4 fully saturated rings. The Hall–Kier alpha value is -0.180. The largest absolute Gasteiger partial charge is 0.381 e. The van der Waals surface area contributed by atoms with Gasteiger partial charge < -0.3 is 4.74 Å². The second kappa shape index (κ2) is 5.16. The van der Waals surface area contributed by atoms with Crippen LogP contribution in [0.15, 0.2) is 0 Å². The summed E-state index contributed by atoms with van der Waals surface area (Å²) >= 11 is 0. The van der Waals surface area contributed by atoms with E-state index in [1.807, 2.05) is 7.11 Å². The molecule has 0 amide bonds. The summed E-state index contributed by atoms with van der Waals surface area (Å²) < 4.78 is 33.7. The molecular weight excluding hydrogens is 294 g/mol. The van der Waals surface area contributed by atoms with Gasteiger partial charge in [0.05, 0.1) is 6.10 Å². The first-order valence-electron chi connectivity index (χ1n) is 9.71. The average Bonchev–Trinajstić information content (AvgIpc) is 2.84. The lowest BCUT2D eigenvalue weighted by molar-refractivity contribution is -0.168. The minimum absolute atomic E-state index is 0.117. The van der Waals surface area contributed by atoms with Crippen molar-refractivity contribution in [3.8, 4) is 0 Å². The fourth-order valence-electron chi connectivity index (χ4n) is 7.51. The molecular formula is C20H32F2O. The highest BCUT2D eigenvalue weighted by molar-refractivity contribution is 5.10. The van der Waals surface area contributed by atoms with Crippen molar-refractivity contribution in [1.82, 2.24) is 0 Å². The van der Waals surface area contributed by atoms with Gasteiger partial charge in [-0.05, 0) is 79.4 Å². The van der Waals surface area contributed by atoms with Crippen molar-refractivity contribution in [2.75, 3.05) is 7.11 Å². The van der Waals surface area contributed by atoms with Gasteiger partial charge in [-0.25, -0.2) is 8.78 Å². The summed E-state index contributed by atoms with van der Waals surface area (Å²) in [6, 6.07) is 0. The molecule has 0 aromatic heterocycles. The average molecular weight is 326 g/mol. The minimum atomic E-state index is -2.41. The molecule has 23 heavy (non-hydrogen) atoms. The first kappa shape index (κ1) is 16.3. The number of halogens is 2. The van der Waals surface area contributed by atoms with Crippen LogP contribution in [0.1, 0.15) is 71.6 Å². The van der Waals surface area contributed by atoms with E-state index in [1.165, 1.54) is 32.1 Å². The molecule has 4 saturated carbocycles. The molecule has 132 valence electrons. The summed E-state index contributed by atoms with van der Waals surface area (Å²) in [6.07, 6.45) is 8.56. The van der Waals surface area contributed by atoms with Crippen molar-refractivity contribution in [2.24, 2.45) is 34.5 Å². The van der Waals surface area contributed by atoms with Crippen LogP contribution in [0.5, 0.6) is 0 Å². The number of rotatable bonds is 1. The van der Waals surface area contributed by atoms with E-state index < -0.39 is 5.92 Å². The third-order valence-corrected chi connectivity index (χ3v) is 8.84. The zero-order chi connectivity index (χ0) is 16.5. The van der Waals surface area contributed by atoms with Gasteiger partial charge in [-0.1, -0.05) is 13.8 Å². The smallest absolute Gasteiger partial charge is 0.248 e. The summed E-state index contributed by atoms with van der Waals surface area (Å²) in [4.78, 5) is 0. The predicted molar refractivity (Wildman–Crippen MR) is 87.5 cm³/mol. The third-order valence-electron chi connectivity index (χ3n) is 8.84. The molecule has 0 bridgehead atoms. The minimum Gasteiger partial charge on any atom is -0.381 e. The van der Waals surface area contributed by atoms with Gasteiger partial charge in [-0.3, -0.25) is 0 Å². The SMILES string of the molecule is CO[C@H]1CC[C@H]2[C@@H]3CC[C@H]4CC(F)(F)CC[C@]4(C)[C@H]3CC[C@]12C. The van der Waals surface area contributed by atoms with E-state index in [0.717, 1.165) is 24.7 Å². The van der Waals surface area contributed by atoms with E-state index in [0.29, 0.717) is 17.4 Å². The zero-order valence-corrected chi connectivity index (χ0v) is 14.9. The van der Waals surface area contributed by atoms with Crippen LogP contribution in [0, 0.1) is 34.5 Å². The van der Waals surface area contributed by atoms with Crippen molar-refractivity contribution >= 4 is 0 Å². The molecule has 0 saturated heterocycles. The van der Waals surface area contributed by atoms with Crippen molar-refractivity contribution in [2.45, 2.75) is 83.7 Å². The van der Waals surface area contributed by atoms with Gasteiger partial charge in [-0.15, -0.1) is 0 Å². The Balaban J connectivity index is 1.60. The van der Waals surface area contributed by atoms with Gasteiger partial charge in [0.1, 0.15) is 0 Å². The molecule has 0 radical (unpaired) electrons. The zero-order valence-electron chi connectivity index (χ0n) is 14.9. The lowest BCUT2D eigenvalue weighted by Crippen LogP contribution is -2.55. The molecule has 0 N–H and O–H groups in total. The van der Waals surface area contributed by atoms with Crippen molar-refractivity contribution in [3.63, 3.8) is 0 Å². The number of hydrogen-bond acceptors (Lipinski definition) is 1. The van der Waals surface area contributed by atoms with Crippen LogP contribution in [0.4, 0.5) is 8.78 Å². The Bertz CT molecular complexity index is 478. The Morgan fingerprint density at radius 1 is 0.826 bits per heavy atom. The van der Waals surface area contributed by atoms with Crippen LogP contribution in [0.2, 0.25) is 0 Å². The standard InChI is InChI=1S/C20H32F2O/c1-18-10-11-20(21,22)12-13(18)4-5-14-15-6-7-17(23-3)19(15,2)9-8-16(14)18/h13-17H,4-12H2,1-3H3/t13-,14-,15-,16-,17-,18-,19-/m0/s1. The van der Waals surface area contributed by atoms with Gasteiger partial charge in [-0.2, -0.15) is 0 Å². The van der Waals surface area contributed by atoms with E-state index in [9.17, 15) is 8.78 Å². The van der Waals surface area contributed by atoms with E-state index in [2.05, 4.69) is 13.8 Å². The maximum Gasteiger partial charge on any atom is 0.248 e. The Kier molecular flexibility index (Phi) is 3.66. The van der Waals surface area contributed by atoms with E-state index in [4.69, 9.17) is 4.74 Å². The highest BCUT2D eigenvalue weighted by Gasteiger charge is 2.61. The van der Waals surface area contributed by atoms with Crippen LogP contribution in [0.25, 0.3) is 0 Å². The third kappa shape index (κ3) is 2.24. The van der Waals surface area contributed by atoms with Crippen molar-refractivity contribution < 1.29 is 13.5 Å². The number of hydrogen-bond donors (Lipinski definition) is 0. The Morgan fingerprint density at radius 3 is 2.30 bits per heavy atom. The number of fused-ring (bicyclic) bond motifs is 5. The van der Waals surface area contributed by atoms with Crippen molar-refractivity contribution in [1.29, 1.82) is 0 Å². The van der Waals surface area contributed by atoms with Crippen LogP contribution in [-0.4, -0.2) is 19.1 Å². The molecule has 4 aliphatic rings. The fourth-order valence-corrected chi connectivity index (χ4v) is 7.51. The van der Waals surface area contributed by atoms with Crippen molar-refractivity contribution in [3.05, 3.63) is 0 Å². The van der Waals surface area contributed by atoms with Gasteiger partial charge in [0.15, 0.2) is 0 Å². The molecule has 0 spiro atoms. The summed E-state index contributed by atoms with van der Waals surface area (Å²) in [6.45, 7) is 4.80. The van der Waals surface area contributed by atoms with Gasteiger partial charge in [0, 0.05) is 20.0 Å². The molecule has 0 aliphatic heterocycles. The van der Waals surface area contributed by atoms with Gasteiger partial charge in [0.2, 0.25) is 5.92 Å². The Morgan fingerprint density at radius 2 is 1.57 bits per heavy atom. The molecule has 4 rings (SSSR count). The summed E-state index contributed by atoms with van der Waals surface area (Å²) in [5.41, 5.74) is 0.495. The van der Waals surface area contributed by atoms with Crippen LogP contribution in [0.3, 0.4) is 0 Å². The lowest BCUT2D eigenvalue weighted by Gasteiger charge is -2.61. The van der Waals surface area contributed by atoms with Crippen LogP contribution >= 0.6 is 0 Å². The first-order valence-corrected chi connectivity index (χ1v) is 9.71. The fraction of sp³-hybridized carbons (Fsp3) is 1.00. The molecule has 7 atom stereocenters. The molecule has 0 unspecified atom stereocenters. The van der Waals surface area contributed by atoms with Crippen LogP contribution in [-0.2, 0) is 4.74 Å². The highest BCUT2D eigenvalue weighted by Crippen LogP contribution is 2.67. The predicted octanol–water partition coefficient (Wildman–Crippen LogP) is 5.68. The number of alkyl halides is 2. The molecule has 0 aromatic carbocycles. The second-order valence-electron chi connectivity index (χ2n) is 9.56. The summed E-state index contributed by atoms with van der Waals surface area (Å²) in [5.74, 6) is 0.0186. The number of ether oxygens (including phenoxy) is 1. The molecule has 3 heteroatoms. The second-order valence-corrected chi connectivity index (χ2v) is 9.56. The molecule has 4 aliphatic carbocycles.